The molecular formula is C13H14N2O. The van der Waals surface area contributed by atoms with Crippen molar-refractivity contribution in [3.63, 3.8) is 0 Å². The van der Waals surface area contributed by atoms with Crippen LogP contribution >= 0.6 is 0 Å². The van der Waals surface area contributed by atoms with Crippen molar-refractivity contribution in [3.05, 3.63) is 47.4 Å². The van der Waals surface area contributed by atoms with Gasteiger partial charge in [-0.3, -0.25) is 0 Å². The van der Waals surface area contributed by atoms with Crippen molar-refractivity contribution in [2.45, 2.75) is 20.8 Å². The third-order valence-electron chi connectivity index (χ3n) is 2.39. The molecular weight excluding hydrogens is 200 g/mol. The van der Waals surface area contributed by atoms with E-state index in [0.29, 0.717) is 5.88 Å². The molecule has 1 aromatic heterocycles. The molecule has 2 rings (SSSR count). The number of ether oxygens (including phenoxy) is 1. The molecule has 1 aromatic carbocycles. The van der Waals surface area contributed by atoms with Crippen molar-refractivity contribution in [1.82, 2.24) is 9.97 Å². The lowest BCUT2D eigenvalue weighted by molar-refractivity contribution is 0.454. The van der Waals surface area contributed by atoms with E-state index in [2.05, 4.69) is 9.97 Å². The fraction of sp³-hybridized carbons (Fsp3) is 0.231. The highest BCUT2D eigenvalue weighted by Crippen LogP contribution is 2.27. The number of rotatable bonds is 2. The van der Waals surface area contributed by atoms with E-state index in [4.69, 9.17) is 4.74 Å². The molecule has 0 unspecified atom stereocenters. The zero-order valence-corrected chi connectivity index (χ0v) is 9.69. The second-order valence-corrected chi connectivity index (χ2v) is 3.82. The summed E-state index contributed by atoms with van der Waals surface area (Å²) in [6.07, 6.45) is 1.51. The van der Waals surface area contributed by atoms with Gasteiger partial charge >= 0.3 is 0 Å². The van der Waals surface area contributed by atoms with E-state index in [1.807, 2.05) is 45.0 Å². The van der Waals surface area contributed by atoms with Gasteiger partial charge in [-0.25, -0.2) is 9.97 Å². The van der Waals surface area contributed by atoms with Gasteiger partial charge in [-0.15, -0.1) is 0 Å². The zero-order chi connectivity index (χ0) is 11.5. The maximum atomic E-state index is 5.77. The summed E-state index contributed by atoms with van der Waals surface area (Å²) in [5, 5.41) is 0. The molecule has 16 heavy (non-hydrogen) atoms. The van der Waals surface area contributed by atoms with E-state index in [1.165, 1.54) is 6.33 Å². The highest BCUT2D eigenvalue weighted by atomic mass is 16.5. The average Bonchev–Trinajstić information content (AvgIpc) is 2.24. The number of aromatic nitrogens is 2. The number of nitrogens with zero attached hydrogens (tertiary/aromatic N) is 2. The molecule has 0 N–H and O–H groups in total. The van der Waals surface area contributed by atoms with Crippen LogP contribution in [0.3, 0.4) is 0 Å². The largest absolute Gasteiger partial charge is 0.438 e. The standard InChI is InChI=1S/C13H14N2O/c1-9-5-4-6-10(2)13(9)16-12-7-11(3)14-8-15-12/h4-8H,1-3H3. The van der Waals surface area contributed by atoms with Crippen LogP contribution in [0.2, 0.25) is 0 Å². The van der Waals surface area contributed by atoms with Gasteiger partial charge in [0.2, 0.25) is 5.88 Å². The van der Waals surface area contributed by atoms with Crippen LogP contribution < -0.4 is 4.74 Å². The molecule has 0 aliphatic carbocycles. The van der Waals surface area contributed by atoms with Crippen LogP contribution in [0.1, 0.15) is 16.8 Å². The van der Waals surface area contributed by atoms with Gasteiger partial charge in [-0.2, -0.15) is 0 Å². The molecule has 0 saturated carbocycles. The summed E-state index contributed by atoms with van der Waals surface area (Å²) in [4.78, 5) is 8.12. The summed E-state index contributed by atoms with van der Waals surface area (Å²) < 4.78 is 5.77. The Labute approximate surface area is 95.1 Å². The minimum absolute atomic E-state index is 0.588. The predicted molar refractivity (Wildman–Crippen MR) is 62.8 cm³/mol. The van der Waals surface area contributed by atoms with E-state index < -0.39 is 0 Å². The van der Waals surface area contributed by atoms with Gasteiger partial charge in [0.05, 0.1) is 0 Å². The number of para-hydroxylation sites is 1. The van der Waals surface area contributed by atoms with E-state index in [1.54, 1.807) is 0 Å². The van der Waals surface area contributed by atoms with Gasteiger partial charge in [0, 0.05) is 11.8 Å². The minimum Gasteiger partial charge on any atom is -0.438 e. The highest BCUT2D eigenvalue weighted by molar-refractivity contribution is 5.41. The molecule has 3 heteroatoms. The summed E-state index contributed by atoms with van der Waals surface area (Å²) in [5.41, 5.74) is 3.11. The highest BCUT2D eigenvalue weighted by Gasteiger charge is 2.05. The summed E-state index contributed by atoms with van der Waals surface area (Å²) in [6, 6.07) is 7.89. The molecule has 0 bridgehead atoms. The molecule has 0 spiro atoms. The average molecular weight is 214 g/mol. The summed E-state index contributed by atoms with van der Waals surface area (Å²) in [5.74, 6) is 1.46. The molecule has 1 heterocycles. The Morgan fingerprint density at radius 1 is 1.00 bits per heavy atom. The zero-order valence-electron chi connectivity index (χ0n) is 9.69. The van der Waals surface area contributed by atoms with Gasteiger partial charge < -0.3 is 4.74 Å². The minimum atomic E-state index is 0.588. The molecule has 2 aromatic rings. The van der Waals surface area contributed by atoms with Crippen LogP contribution in [0.25, 0.3) is 0 Å². The Bertz CT molecular complexity index is 489. The molecule has 0 saturated heterocycles. The molecule has 0 aliphatic heterocycles. The van der Waals surface area contributed by atoms with E-state index in [-0.39, 0.29) is 0 Å². The second-order valence-electron chi connectivity index (χ2n) is 3.82. The lowest BCUT2D eigenvalue weighted by Gasteiger charge is -2.10. The first-order valence-corrected chi connectivity index (χ1v) is 5.19. The molecule has 0 amide bonds. The fourth-order valence-corrected chi connectivity index (χ4v) is 1.55. The van der Waals surface area contributed by atoms with E-state index >= 15 is 0 Å². The third-order valence-corrected chi connectivity index (χ3v) is 2.39. The van der Waals surface area contributed by atoms with Crippen LogP contribution in [0.4, 0.5) is 0 Å². The van der Waals surface area contributed by atoms with Crippen molar-refractivity contribution in [1.29, 1.82) is 0 Å². The predicted octanol–water partition coefficient (Wildman–Crippen LogP) is 3.19. The molecule has 3 nitrogen and oxygen atoms in total. The first kappa shape index (κ1) is 10.6. The quantitative estimate of drug-likeness (QED) is 0.770. The number of benzene rings is 1. The Hall–Kier alpha value is -1.90. The first-order chi connectivity index (χ1) is 7.66. The smallest absolute Gasteiger partial charge is 0.222 e. The van der Waals surface area contributed by atoms with Crippen molar-refractivity contribution in [2.75, 3.05) is 0 Å². The molecule has 0 radical (unpaired) electrons. The number of hydrogen-bond acceptors (Lipinski definition) is 3. The Kier molecular flexibility index (Phi) is 2.86. The van der Waals surface area contributed by atoms with Crippen molar-refractivity contribution in [2.24, 2.45) is 0 Å². The summed E-state index contributed by atoms with van der Waals surface area (Å²) >= 11 is 0. The van der Waals surface area contributed by atoms with E-state index in [9.17, 15) is 0 Å². The molecule has 0 aliphatic rings. The van der Waals surface area contributed by atoms with Crippen LogP contribution in [0.15, 0.2) is 30.6 Å². The van der Waals surface area contributed by atoms with Crippen LogP contribution in [0, 0.1) is 20.8 Å². The summed E-state index contributed by atoms with van der Waals surface area (Å²) in [7, 11) is 0. The Morgan fingerprint density at radius 2 is 1.69 bits per heavy atom. The second kappa shape index (κ2) is 4.31. The van der Waals surface area contributed by atoms with E-state index in [0.717, 1.165) is 22.6 Å². The lowest BCUT2D eigenvalue weighted by atomic mass is 10.1. The van der Waals surface area contributed by atoms with Crippen LogP contribution in [-0.4, -0.2) is 9.97 Å². The normalized spacial score (nSPS) is 10.2. The van der Waals surface area contributed by atoms with Gasteiger partial charge in [0.15, 0.2) is 0 Å². The monoisotopic (exact) mass is 214 g/mol. The molecule has 82 valence electrons. The van der Waals surface area contributed by atoms with Gasteiger partial charge in [0.1, 0.15) is 12.1 Å². The van der Waals surface area contributed by atoms with Gasteiger partial charge in [-0.1, -0.05) is 18.2 Å². The Morgan fingerprint density at radius 3 is 2.31 bits per heavy atom. The third kappa shape index (κ3) is 2.19. The van der Waals surface area contributed by atoms with Gasteiger partial charge in [0.25, 0.3) is 0 Å². The topological polar surface area (TPSA) is 35.0 Å². The lowest BCUT2D eigenvalue weighted by Crippen LogP contribution is -1.94. The molecule has 0 atom stereocenters. The summed E-state index contributed by atoms with van der Waals surface area (Å²) in [6.45, 7) is 5.96. The van der Waals surface area contributed by atoms with Crippen LogP contribution in [0.5, 0.6) is 11.6 Å². The van der Waals surface area contributed by atoms with Crippen molar-refractivity contribution in [3.8, 4) is 11.6 Å². The van der Waals surface area contributed by atoms with Crippen molar-refractivity contribution >= 4 is 0 Å². The van der Waals surface area contributed by atoms with Crippen molar-refractivity contribution < 1.29 is 4.74 Å². The number of hydrogen-bond donors (Lipinski definition) is 0. The fourth-order valence-electron chi connectivity index (χ4n) is 1.55. The maximum absolute atomic E-state index is 5.77. The maximum Gasteiger partial charge on any atom is 0.222 e. The SMILES string of the molecule is Cc1cc(Oc2c(C)cccc2C)ncn1. The molecule has 0 fully saturated rings. The van der Waals surface area contributed by atoms with Crippen LogP contribution in [-0.2, 0) is 0 Å². The Balaban J connectivity index is 2.34. The first-order valence-electron chi connectivity index (χ1n) is 5.19. The van der Waals surface area contributed by atoms with Gasteiger partial charge in [-0.05, 0) is 31.9 Å². The number of aryl methyl sites for hydroxylation is 3.